The fraction of sp³-hybridized carbons (Fsp3) is 0.415. The zero-order valence-corrected chi connectivity index (χ0v) is 32.4. The molecule has 0 bridgehead atoms. The van der Waals surface area contributed by atoms with Gasteiger partial charge in [-0.25, -0.2) is 4.90 Å². The maximum Gasteiger partial charge on any atom is 0.303 e. The van der Waals surface area contributed by atoms with Crippen molar-refractivity contribution in [3.05, 3.63) is 70.3 Å². The van der Waals surface area contributed by atoms with Crippen molar-refractivity contribution in [2.75, 3.05) is 18.6 Å². The molecule has 3 fully saturated rings. The van der Waals surface area contributed by atoms with E-state index in [9.17, 15) is 24.3 Å². The molecule has 0 spiro atoms. The first-order valence-electron chi connectivity index (χ1n) is 18.5. The molecule has 55 heavy (non-hydrogen) atoms. The Morgan fingerprint density at radius 1 is 1.04 bits per heavy atom. The topological polar surface area (TPSA) is 159 Å². The van der Waals surface area contributed by atoms with Gasteiger partial charge in [0.15, 0.2) is 11.5 Å². The number of benzene rings is 2. The fourth-order valence-electron chi connectivity index (χ4n) is 9.71. The number of carboxylic acids is 1. The highest BCUT2D eigenvalue weighted by molar-refractivity contribution is 7.22. The van der Waals surface area contributed by atoms with Gasteiger partial charge in [0.05, 0.1) is 35.2 Å². The lowest BCUT2D eigenvalue weighted by atomic mass is 9.51. The Morgan fingerprint density at radius 3 is 2.56 bits per heavy atom. The third-order valence-electron chi connectivity index (χ3n) is 12.4. The van der Waals surface area contributed by atoms with Crippen LogP contribution in [-0.4, -0.2) is 68.1 Å². The number of halogens is 1. The van der Waals surface area contributed by atoms with Gasteiger partial charge in [0.2, 0.25) is 23.6 Å². The smallest absolute Gasteiger partial charge is 0.303 e. The van der Waals surface area contributed by atoms with E-state index >= 15 is 4.79 Å². The van der Waals surface area contributed by atoms with Crippen molar-refractivity contribution in [2.24, 2.45) is 36.1 Å². The van der Waals surface area contributed by atoms with Gasteiger partial charge in [0, 0.05) is 41.7 Å². The molecule has 2 aromatic heterocycles. The van der Waals surface area contributed by atoms with Gasteiger partial charge in [-0.1, -0.05) is 35.7 Å². The molecule has 4 aliphatic rings. The maximum absolute atomic E-state index is 15.1. The number of amides is 4. The summed E-state index contributed by atoms with van der Waals surface area (Å²) in [4.78, 5) is 72.3. The number of aromatic hydroxyl groups is 1. The molecule has 4 amide bonds. The average molecular weight is 785 g/mol. The zero-order chi connectivity index (χ0) is 39.1. The van der Waals surface area contributed by atoms with Crippen LogP contribution in [0.25, 0.3) is 20.7 Å². The molecule has 2 aliphatic heterocycles. The van der Waals surface area contributed by atoms with Crippen LogP contribution in [0, 0.1) is 36.0 Å². The molecule has 0 unspecified atom stereocenters. The molecular weight excluding hydrogens is 744 g/mol. The van der Waals surface area contributed by atoms with Crippen molar-refractivity contribution < 1.29 is 38.9 Å². The van der Waals surface area contributed by atoms with E-state index in [2.05, 4.69) is 0 Å². The highest BCUT2D eigenvalue weighted by atomic mass is 35.5. The summed E-state index contributed by atoms with van der Waals surface area (Å²) in [5, 5.41) is 26.0. The molecule has 4 heterocycles. The number of phenolic OH excluding ortho intramolecular Hbond substituents is 1. The number of carboxylic acid groups (broad SMARTS) is 1. The molecule has 2 saturated heterocycles. The van der Waals surface area contributed by atoms with E-state index in [-0.39, 0.29) is 42.7 Å². The Balaban J connectivity index is 1.18. The third-order valence-corrected chi connectivity index (χ3v) is 13.9. The second-order valence-electron chi connectivity index (χ2n) is 15.3. The first-order chi connectivity index (χ1) is 26.3. The van der Waals surface area contributed by atoms with Gasteiger partial charge < -0.3 is 14.9 Å². The number of aliphatic carboxylic acids is 1. The Hall–Kier alpha value is -5.01. The number of fused-ring (bicyclic) bond motifs is 5. The summed E-state index contributed by atoms with van der Waals surface area (Å²) in [6.07, 6.45) is 4.02. The lowest BCUT2D eigenvalue weighted by Gasteiger charge is -2.49. The lowest BCUT2D eigenvalue weighted by molar-refractivity contribution is -0.141. The number of anilines is 1. The highest BCUT2D eigenvalue weighted by Crippen LogP contribution is 2.64. The Kier molecular flexibility index (Phi) is 9.15. The average Bonchev–Trinajstić information content (AvgIpc) is 3.82. The first-order valence-corrected chi connectivity index (χ1v) is 19.7. The molecule has 286 valence electrons. The molecule has 2 aliphatic carbocycles. The molecule has 14 heteroatoms. The van der Waals surface area contributed by atoms with Gasteiger partial charge in [-0.15, -0.1) is 11.3 Å². The summed E-state index contributed by atoms with van der Waals surface area (Å²) < 4.78 is 8.08. The van der Waals surface area contributed by atoms with Crippen LogP contribution in [0.1, 0.15) is 62.5 Å². The number of nitrogens with zero attached hydrogens (tertiary/aromatic N) is 4. The van der Waals surface area contributed by atoms with E-state index in [1.165, 1.54) is 23.0 Å². The second-order valence-corrected chi connectivity index (χ2v) is 16.8. The summed E-state index contributed by atoms with van der Waals surface area (Å²) in [7, 11) is 3.15. The minimum atomic E-state index is -1.29. The third kappa shape index (κ3) is 5.68. The zero-order valence-electron chi connectivity index (χ0n) is 30.9. The van der Waals surface area contributed by atoms with Crippen molar-refractivity contribution in [3.8, 4) is 22.1 Å². The summed E-state index contributed by atoms with van der Waals surface area (Å²) in [6.45, 7) is 4.01. The van der Waals surface area contributed by atoms with Gasteiger partial charge in [-0.3, -0.25) is 33.6 Å². The quantitative estimate of drug-likeness (QED) is 0.0996. The van der Waals surface area contributed by atoms with E-state index in [0.717, 1.165) is 26.1 Å². The van der Waals surface area contributed by atoms with Crippen LogP contribution in [0.5, 0.6) is 11.5 Å². The summed E-state index contributed by atoms with van der Waals surface area (Å²) in [5.41, 5.74) is 1.79. The minimum absolute atomic E-state index is 0.0238. The minimum Gasteiger partial charge on any atom is -0.504 e. The number of methoxy groups -OCH3 is 1. The number of hydrogen-bond donors (Lipinski definition) is 2. The number of rotatable bonds is 10. The van der Waals surface area contributed by atoms with Gasteiger partial charge >= 0.3 is 5.97 Å². The number of phenols is 1. The van der Waals surface area contributed by atoms with Crippen LogP contribution in [0.2, 0.25) is 5.02 Å². The molecule has 4 aromatic rings. The van der Waals surface area contributed by atoms with Crippen molar-refractivity contribution >= 4 is 68.4 Å². The number of aryl methyl sites for hydroxylation is 2. The van der Waals surface area contributed by atoms with Crippen LogP contribution < -0.4 is 9.64 Å². The molecule has 2 aromatic carbocycles. The number of carbonyl (C=O) groups is 5. The second kappa shape index (κ2) is 13.6. The van der Waals surface area contributed by atoms with Crippen molar-refractivity contribution in [2.45, 2.75) is 58.3 Å². The van der Waals surface area contributed by atoms with Crippen molar-refractivity contribution in [1.29, 1.82) is 0 Å². The van der Waals surface area contributed by atoms with E-state index in [1.807, 2.05) is 38.1 Å². The van der Waals surface area contributed by atoms with Crippen molar-refractivity contribution in [3.63, 3.8) is 0 Å². The van der Waals surface area contributed by atoms with E-state index in [4.69, 9.17) is 26.5 Å². The predicted octanol–water partition coefficient (Wildman–Crippen LogP) is 6.85. The van der Waals surface area contributed by atoms with Gasteiger partial charge in [-0.05, 0) is 92.3 Å². The standard InChI is InChI=1S/C41H41ClN4O8S/c1-20-25-17-22(42)10-14-31(25)55-36(20)28-19-32(44(3)43-28)46-38(51)27-18-26-23(35(41(27,2)40(46)53)21-9-13-29(47)30(16-21)54-4)11-12-24-34(26)39(52)45(37(24)50)15-7-5-6-8-33(48)49/h9-11,13-14,16-17,19,24,26-27,34-35,47H,5-8,12,15,18H2,1-4H3,(H,48,49)/t24-,26+,27-,34-,35-,41+/m0/s1. The number of imide groups is 2. The van der Waals surface area contributed by atoms with Crippen LogP contribution in [0.3, 0.4) is 0 Å². The Labute approximate surface area is 326 Å². The summed E-state index contributed by atoms with van der Waals surface area (Å²) >= 11 is 7.86. The number of unbranched alkanes of at least 4 members (excludes halogenated alkanes) is 2. The molecule has 6 atom stereocenters. The van der Waals surface area contributed by atoms with Gasteiger partial charge in [-0.2, -0.15) is 5.10 Å². The molecular formula is C41H41ClN4O8S. The number of thiophene rings is 1. The van der Waals surface area contributed by atoms with Crippen LogP contribution in [-0.2, 0) is 31.0 Å². The van der Waals surface area contributed by atoms with E-state index in [1.54, 1.807) is 41.3 Å². The maximum atomic E-state index is 15.1. The number of allylic oxidation sites excluding steroid dienone is 2. The highest BCUT2D eigenvalue weighted by Gasteiger charge is 2.68. The first kappa shape index (κ1) is 36.9. The van der Waals surface area contributed by atoms with Gasteiger partial charge in [0.25, 0.3) is 0 Å². The predicted molar refractivity (Wildman–Crippen MR) is 206 cm³/mol. The van der Waals surface area contributed by atoms with E-state index in [0.29, 0.717) is 47.8 Å². The largest absolute Gasteiger partial charge is 0.504 e. The SMILES string of the molecule is COc1cc([C@H]2C3=CC[C@@H]4C(=O)N(CCCCCC(=O)O)C(=O)[C@@H]4[C@@H]3C[C@H]3C(=O)N(c4cc(-c5sc6ccc(Cl)cc6c5C)nn4C)C(=O)[C@@]23C)ccc1O. The summed E-state index contributed by atoms with van der Waals surface area (Å²) in [6, 6.07) is 12.4. The Morgan fingerprint density at radius 2 is 1.82 bits per heavy atom. The number of aromatic nitrogens is 2. The fourth-order valence-corrected chi connectivity index (χ4v) is 11.0. The molecule has 1 saturated carbocycles. The normalized spacial score (nSPS) is 26.1. The van der Waals surface area contributed by atoms with Gasteiger partial charge in [0.1, 0.15) is 11.5 Å². The molecule has 0 radical (unpaired) electrons. The molecule has 8 rings (SSSR count). The molecule has 2 N–H and O–H groups in total. The Bertz CT molecular complexity index is 2350. The number of hydrogen-bond acceptors (Lipinski definition) is 9. The van der Waals surface area contributed by atoms with Crippen LogP contribution >= 0.6 is 22.9 Å². The summed E-state index contributed by atoms with van der Waals surface area (Å²) in [5.74, 6) is -5.09. The number of ether oxygens (including phenoxy) is 1. The van der Waals surface area contributed by atoms with Crippen molar-refractivity contribution in [1.82, 2.24) is 14.7 Å². The number of carbonyl (C=O) groups excluding carboxylic acids is 4. The van der Waals surface area contributed by atoms with Crippen LogP contribution in [0.15, 0.2) is 54.1 Å². The number of likely N-dealkylation sites (tertiary alicyclic amines) is 1. The van der Waals surface area contributed by atoms with E-state index < -0.39 is 52.8 Å². The lowest BCUT2D eigenvalue weighted by Crippen LogP contribution is -2.48. The van der Waals surface area contributed by atoms with Crippen LogP contribution in [0.4, 0.5) is 5.82 Å². The monoisotopic (exact) mass is 784 g/mol. The molecule has 12 nitrogen and oxygen atoms in total.